The van der Waals surface area contributed by atoms with E-state index in [1.807, 2.05) is 32.3 Å². The number of benzene rings is 2. The molecule has 2 aromatic carbocycles. The van der Waals surface area contributed by atoms with Gasteiger partial charge in [-0.15, -0.1) is 0 Å². The molecule has 0 bridgehead atoms. The standard InChI is InChI=1S/C19H22F2N2O2/c1-23(2)16(12-14-6-4-3-5-7-14)13-22-18(24)15-8-10-17(11-9-15)25-19(20)21/h3-11,16,19H,12-13H2,1-2H3,(H,22,24). The lowest BCUT2D eigenvalue weighted by Crippen LogP contribution is -2.41. The average molecular weight is 348 g/mol. The van der Waals surface area contributed by atoms with Gasteiger partial charge < -0.3 is 15.0 Å². The summed E-state index contributed by atoms with van der Waals surface area (Å²) in [6.45, 7) is -2.39. The zero-order chi connectivity index (χ0) is 18.2. The van der Waals surface area contributed by atoms with E-state index in [0.717, 1.165) is 6.42 Å². The highest BCUT2D eigenvalue weighted by molar-refractivity contribution is 5.94. The molecule has 1 unspecified atom stereocenters. The molecule has 6 heteroatoms. The number of likely N-dealkylation sites (N-methyl/N-ethyl adjacent to an activating group) is 1. The molecule has 2 rings (SSSR count). The highest BCUT2D eigenvalue weighted by Gasteiger charge is 2.15. The molecule has 4 nitrogen and oxygen atoms in total. The highest BCUT2D eigenvalue weighted by Crippen LogP contribution is 2.15. The maximum atomic E-state index is 12.2. The predicted molar refractivity (Wildman–Crippen MR) is 93.0 cm³/mol. The molecule has 0 saturated carbocycles. The number of hydrogen-bond acceptors (Lipinski definition) is 3. The fourth-order valence-corrected chi connectivity index (χ4v) is 2.42. The molecular weight excluding hydrogens is 326 g/mol. The Labute approximate surface area is 146 Å². The first-order valence-corrected chi connectivity index (χ1v) is 7.99. The zero-order valence-corrected chi connectivity index (χ0v) is 14.3. The number of carbonyl (C=O) groups is 1. The van der Waals surface area contributed by atoms with E-state index in [1.54, 1.807) is 0 Å². The second-order valence-corrected chi connectivity index (χ2v) is 5.92. The zero-order valence-electron chi connectivity index (χ0n) is 14.3. The van der Waals surface area contributed by atoms with E-state index in [2.05, 4.69) is 27.1 Å². The summed E-state index contributed by atoms with van der Waals surface area (Å²) in [5.41, 5.74) is 1.60. The molecule has 25 heavy (non-hydrogen) atoms. The van der Waals surface area contributed by atoms with Crippen LogP contribution in [0.3, 0.4) is 0 Å². The molecule has 0 spiro atoms. The Balaban J connectivity index is 1.92. The van der Waals surface area contributed by atoms with Crippen LogP contribution in [-0.2, 0) is 6.42 Å². The van der Waals surface area contributed by atoms with Crippen LogP contribution in [-0.4, -0.2) is 44.1 Å². The molecule has 0 aliphatic heterocycles. The van der Waals surface area contributed by atoms with Gasteiger partial charge in [-0.1, -0.05) is 30.3 Å². The van der Waals surface area contributed by atoms with Gasteiger partial charge >= 0.3 is 6.61 Å². The topological polar surface area (TPSA) is 41.6 Å². The lowest BCUT2D eigenvalue weighted by atomic mass is 10.0. The van der Waals surface area contributed by atoms with Crippen molar-refractivity contribution in [2.45, 2.75) is 19.1 Å². The molecule has 0 aliphatic carbocycles. The Kier molecular flexibility index (Phi) is 6.89. The van der Waals surface area contributed by atoms with Gasteiger partial charge in [-0.05, 0) is 50.3 Å². The average Bonchev–Trinajstić information content (AvgIpc) is 2.59. The SMILES string of the molecule is CN(C)C(CNC(=O)c1ccc(OC(F)F)cc1)Cc1ccccc1. The van der Waals surface area contributed by atoms with Crippen molar-refractivity contribution in [3.05, 3.63) is 65.7 Å². The second-order valence-electron chi connectivity index (χ2n) is 5.92. The number of alkyl halides is 2. The maximum Gasteiger partial charge on any atom is 0.387 e. The van der Waals surface area contributed by atoms with Crippen molar-refractivity contribution in [3.63, 3.8) is 0 Å². The first kappa shape index (κ1) is 18.9. The number of ether oxygens (including phenoxy) is 1. The van der Waals surface area contributed by atoms with Crippen LogP contribution < -0.4 is 10.1 Å². The first-order valence-electron chi connectivity index (χ1n) is 7.99. The van der Waals surface area contributed by atoms with Gasteiger partial charge in [-0.2, -0.15) is 8.78 Å². The van der Waals surface area contributed by atoms with E-state index in [0.29, 0.717) is 12.1 Å². The Morgan fingerprint density at radius 2 is 1.72 bits per heavy atom. The molecule has 0 aliphatic rings. The molecular formula is C19H22F2N2O2. The van der Waals surface area contributed by atoms with Crippen molar-refractivity contribution < 1.29 is 18.3 Å². The normalized spacial score (nSPS) is 12.2. The van der Waals surface area contributed by atoms with Crippen LogP contribution in [0.25, 0.3) is 0 Å². The van der Waals surface area contributed by atoms with E-state index in [4.69, 9.17) is 0 Å². The summed E-state index contributed by atoms with van der Waals surface area (Å²) >= 11 is 0. The maximum absolute atomic E-state index is 12.2. The van der Waals surface area contributed by atoms with Crippen LogP contribution in [0, 0.1) is 0 Å². The molecule has 1 atom stereocenters. The second kappa shape index (κ2) is 9.13. The molecule has 0 saturated heterocycles. The molecule has 0 aromatic heterocycles. The summed E-state index contributed by atoms with van der Waals surface area (Å²) in [7, 11) is 3.94. The summed E-state index contributed by atoms with van der Waals surface area (Å²) in [5, 5.41) is 2.89. The molecule has 0 heterocycles. The van der Waals surface area contributed by atoms with E-state index in [1.165, 1.54) is 29.8 Å². The third-order valence-corrected chi connectivity index (χ3v) is 3.88. The van der Waals surface area contributed by atoms with Gasteiger partial charge in [-0.3, -0.25) is 4.79 Å². The van der Waals surface area contributed by atoms with Crippen molar-refractivity contribution in [1.82, 2.24) is 10.2 Å². The Hall–Kier alpha value is -2.47. The molecule has 0 radical (unpaired) electrons. The number of nitrogens with zero attached hydrogens (tertiary/aromatic N) is 1. The number of amides is 1. The number of nitrogens with one attached hydrogen (secondary N) is 1. The fourth-order valence-electron chi connectivity index (χ4n) is 2.42. The van der Waals surface area contributed by atoms with Crippen molar-refractivity contribution in [2.24, 2.45) is 0 Å². The molecule has 0 fully saturated rings. The van der Waals surface area contributed by atoms with Gasteiger partial charge in [0.15, 0.2) is 0 Å². The van der Waals surface area contributed by atoms with E-state index < -0.39 is 6.61 Å². The monoisotopic (exact) mass is 348 g/mol. The quantitative estimate of drug-likeness (QED) is 0.797. The van der Waals surface area contributed by atoms with Gasteiger partial charge in [0.25, 0.3) is 5.91 Å². The molecule has 2 aromatic rings. The predicted octanol–water partition coefficient (Wildman–Crippen LogP) is 3.19. The smallest absolute Gasteiger partial charge is 0.387 e. The van der Waals surface area contributed by atoms with Gasteiger partial charge in [-0.25, -0.2) is 0 Å². The highest BCUT2D eigenvalue weighted by atomic mass is 19.3. The minimum absolute atomic E-state index is 0.0294. The van der Waals surface area contributed by atoms with Crippen molar-refractivity contribution in [2.75, 3.05) is 20.6 Å². The van der Waals surface area contributed by atoms with E-state index in [9.17, 15) is 13.6 Å². The number of carbonyl (C=O) groups excluding carboxylic acids is 1. The van der Waals surface area contributed by atoms with Crippen LogP contribution >= 0.6 is 0 Å². The van der Waals surface area contributed by atoms with Gasteiger partial charge in [0, 0.05) is 18.2 Å². The Bertz CT molecular complexity index is 661. The molecule has 1 amide bonds. The summed E-state index contributed by atoms with van der Waals surface area (Å²) in [6, 6.07) is 15.9. The largest absolute Gasteiger partial charge is 0.435 e. The fraction of sp³-hybridized carbons (Fsp3) is 0.316. The summed E-state index contributed by atoms with van der Waals surface area (Å²) in [4.78, 5) is 14.3. The lowest BCUT2D eigenvalue weighted by Gasteiger charge is -2.24. The Morgan fingerprint density at radius 3 is 2.28 bits per heavy atom. The third-order valence-electron chi connectivity index (χ3n) is 3.88. The van der Waals surface area contributed by atoms with Crippen LogP contribution in [0.4, 0.5) is 8.78 Å². The number of rotatable bonds is 8. The van der Waals surface area contributed by atoms with Crippen molar-refractivity contribution in [1.29, 1.82) is 0 Å². The Morgan fingerprint density at radius 1 is 1.08 bits per heavy atom. The summed E-state index contributed by atoms with van der Waals surface area (Å²) in [5.74, 6) is -0.217. The van der Waals surface area contributed by atoms with Crippen LogP contribution in [0.1, 0.15) is 15.9 Å². The molecule has 1 N–H and O–H groups in total. The van der Waals surface area contributed by atoms with E-state index >= 15 is 0 Å². The van der Waals surface area contributed by atoms with Gasteiger partial charge in [0.2, 0.25) is 0 Å². The van der Waals surface area contributed by atoms with Crippen LogP contribution in [0.2, 0.25) is 0 Å². The van der Waals surface area contributed by atoms with Crippen molar-refractivity contribution in [3.8, 4) is 5.75 Å². The summed E-state index contributed by atoms with van der Waals surface area (Å²) in [6.07, 6.45) is 0.815. The lowest BCUT2D eigenvalue weighted by molar-refractivity contribution is -0.0498. The minimum Gasteiger partial charge on any atom is -0.435 e. The van der Waals surface area contributed by atoms with Gasteiger partial charge in [0.1, 0.15) is 5.75 Å². The van der Waals surface area contributed by atoms with Gasteiger partial charge in [0.05, 0.1) is 0 Å². The minimum atomic E-state index is -2.88. The van der Waals surface area contributed by atoms with Crippen LogP contribution in [0.15, 0.2) is 54.6 Å². The van der Waals surface area contributed by atoms with Crippen molar-refractivity contribution >= 4 is 5.91 Å². The first-order chi connectivity index (χ1) is 12.0. The number of hydrogen-bond donors (Lipinski definition) is 1. The summed E-state index contributed by atoms with van der Waals surface area (Å²) < 4.78 is 28.5. The number of halogens is 2. The molecule has 134 valence electrons. The van der Waals surface area contributed by atoms with E-state index in [-0.39, 0.29) is 17.7 Å². The third kappa shape index (κ3) is 6.15. The van der Waals surface area contributed by atoms with Crippen LogP contribution in [0.5, 0.6) is 5.75 Å².